The number of hydrogen-bond donors (Lipinski definition) is 1. The van der Waals surface area contributed by atoms with Gasteiger partial charge in [-0.2, -0.15) is 5.10 Å². The summed E-state index contributed by atoms with van der Waals surface area (Å²) in [7, 11) is 1.77. The third kappa shape index (κ3) is 2.88. The Bertz CT molecular complexity index is 822. The van der Waals surface area contributed by atoms with Gasteiger partial charge in [0, 0.05) is 7.05 Å². The molecule has 0 amide bonds. The molecule has 0 radical (unpaired) electrons. The predicted molar refractivity (Wildman–Crippen MR) is 83.4 cm³/mol. The molecule has 4 nitrogen and oxygen atoms in total. The third-order valence-corrected chi connectivity index (χ3v) is 3.22. The largest absolute Gasteiger partial charge is 0.507 e. The van der Waals surface area contributed by atoms with Gasteiger partial charge in [0.15, 0.2) is 11.6 Å². The van der Waals surface area contributed by atoms with Crippen LogP contribution in [-0.2, 0) is 7.05 Å². The molecule has 110 valence electrons. The molecule has 1 heterocycles. The normalized spacial score (nSPS) is 11.2. The third-order valence-electron chi connectivity index (χ3n) is 3.22. The highest BCUT2D eigenvalue weighted by atomic mass is 19.1. The lowest BCUT2D eigenvalue weighted by Crippen LogP contribution is -1.94. The maximum absolute atomic E-state index is 12.9. The van der Waals surface area contributed by atoms with Crippen LogP contribution in [0.25, 0.3) is 23.5 Å². The molecule has 0 saturated heterocycles. The minimum Gasteiger partial charge on any atom is -0.507 e. The summed E-state index contributed by atoms with van der Waals surface area (Å²) in [6.45, 7) is 0. The molecule has 1 aromatic heterocycles. The highest BCUT2D eigenvalue weighted by molar-refractivity contribution is 5.69. The van der Waals surface area contributed by atoms with Crippen molar-refractivity contribution in [3.63, 3.8) is 0 Å². The lowest BCUT2D eigenvalue weighted by molar-refractivity contribution is 0.476. The van der Waals surface area contributed by atoms with E-state index in [9.17, 15) is 9.50 Å². The molecule has 22 heavy (non-hydrogen) atoms. The van der Waals surface area contributed by atoms with E-state index in [0.29, 0.717) is 17.2 Å². The predicted octanol–water partition coefficient (Wildman–Crippen LogP) is 3.50. The number of halogens is 1. The molecule has 2 aromatic carbocycles. The van der Waals surface area contributed by atoms with E-state index in [1.54, 1.807) is 48.1 Å². The van der Waals surface area contributed by atoms with Gasteiger partial charge < -0.3 is 5.11 Å². The fourth-order valence-corrected chi connectivity index (χ4v) is 2.12. The van der Waals surface area contributed by atoms with Crippen LogP contribution in [0.15, 0.2) is 48.5 Å². The van der Waals surface area contributed by atoms with E-state index in [1.165, 1.54) is 12.1 Å². The van der Waals surface area contributed by atoms with Crippen LogP contribution in [0.4, 0.5) is 4.39 Å². The monoisotopic (exact) mass is 295 g/mol. The molecule has 0 fully saturated rings. The van der Waals surface area contributed by atoms with E-state index in [2.05, 4.69) is 10.1 Å². The number of hydrogen-bond acceptors (Lipinski definition) is 3. The molecule has 0 atom stereocenters. The molecule has 0 aliphatic heterocycles. The average molecular weight is 295 g/mol. The molecular formula is C17H14FN3O. The van der Waals surface area contributed by atoms with Gasteiger partial charge in [-0.05, 0) is 35.9 Å². The van der Waals surface area contributed by atoms with E-state index >= 15 is 0 Å². The van der Waals surface area contributed by atoms with E-state index < -0.39 is 0 Å². The van der Waals surface area contributed by atoms with Gasteiger partial charge >= 0.3 is 0 Å². The summed E-state index contributed by atoms with van der Waals surface area (Å²) in [5.41, 5.74) is 1.48. The molecule has 3 rings (SSSR count). The van der Waals surface area contributed by atoms with Crippen LogP contribution >= 0.6 is 0 Å². The first-order valence-electron chi connectivity index (χ1n) is 6.76. The standard InChI is InChI=1S/C17H14FN3O/c1-21-17(14-4-2-3-5-15(14)22)19-16(20-21)11-8-12-6-9-13(18)10-7-12/h2-11,22H,1H3/b11-8+. The average Bonchev–Trinajstić information content (AvgIpc) is 2.88. The summed E-state index contributed by atoms with van der Waals surface area (Å²) in [6, 6.07) is 13.1. The van der Waals surface area contributed by atoms with Gasteiger partial charge in [0.1, 0.15) is 11.6 Å². The van der Waals surface area contributed by atoms with Crippen molar-refractivity contribution in [1.29, 1.82) is 0 Å². The number of phenols is 1. The number of rotatable bonds is 3. The van der Waals surface area contributed by atoms with E-state index in [-0.39, 0.29) is 11.6 Å². The second kappa shape index (κ2) is 5.81. The van der Waals surface area contributed by atoms with Crippen LogP contribution in [0.3, 0.4) is 0 Å². The topological polar surface area (TPSA) is 50.9 Å². The Morgan fingerprint density at radius 2 is 1.77 bits per heavy atom. The van der Waals surface area contributed by atoms with Gasteiger partial charge in [0.2, 0.25) is 0 Å². The number of aromatic nitrogens is 3. The highest BCUT2D eigenvalue weighted by Gasteiger charge is 2.11. The zero-order chi connectivity index (χ0) is 15.5. The van der Waals surface area contributed by atoms with Crippen LogP contribution in [0.1, 0.15) is 11.4 Å². The van der Waals surface area contributed by atoms with Crippen molar-refractivity contribution in [3.05, 3.63) is 65.7 Å². The van der Waals surface area contributed by atoms with Crippen molar-refractivity contribution in [2.24, 2.45) is 7.05 Å². The van der Waals surface area contributed by atoms with Gasteiger partial charge in [0.05, 0.1) is 5.56 Å². The van der Waals surface area contributed by atoms with Crippen molar-refractivity contribution >= 4 is 12.2 Å². The fourth-order valence-electron chi connectivity index (χ4n) is 2.12. The molecule has 5 heteroatoms. The number of phenolic OH excluding ortho intramolecular Hbond substituents is 1. The Hall–Kier alpha value is -2.95. The quantitative estimate of drug-likeness (QED) is 0.804. The van der Waals surface area contributed by atoms with Crippen molar-refractivity contribution in [1.82, 2.24) is 14.8 Å². The van der Waals surface area contributed by atoms with Crippen LogP contribution in [0, 0.1) is 5.82 Å². The molecule has 0 spiro atoms. The zero-order valence-corrected chi connectivity index (χ0v) is 11.9. The number of nitrogens with zero attached hydrogens (tertiary/aromatic N) is 3. The Kier molecular flexibility index (Phi) is 3.70. The van der Waals surface area contributed by atoms with Gasteiger partial charge in [-0.1, -0.05) is 30.3 Å². The summed E-state index contributed by atoms with van der Waals surface area (Å²) >= 11 is 0. The van der Waals surface area contributed by atoms with Crippen molar-refractivity contribution in [2.45, 2.75) is 0 Å². The van der Waals surface area contributed by atoms with E-state index in [0.717, 1.165) is 5.56 Å². The molecule has 0 aliphatic carbocycles. The number of aromatic hydroxyl groups is 1. The summed E-state index contributed by atoms with van der Waals surface area (Å²) in [5, 5.41) is 14.2. The highest BCUT2D eigenvalue weighted by Crippen LogP contribution is 2.26. The number of para-hydroxylation sites is 1. The summed E-state index contributed by atoms with van der Waals surface area (Å²) < 4.78 is 14.5. The first kappa shape index (κ1) is 14.0. The van der Waals surface area contributed by atoms with Crippen molar-refractivity contribution < 1.29 is 9.50 Å². The lowest BCUT2D eigenvalue weighted by atomic mass is 10.2. The van der Waals surface area contributed by atoms with Gasteiger partial charge in [-0.15, -0.1) is 0 Å². The minimum atomic E-state index is -0.269. The van der Waals surface area contributed by atoms with Gasteiger partial charge in [-0.3, -0.25) is 0 Å². The van der Waals surface area contributed by atoms with Crippen molar-refractivity contribution in [2.75, 3.05) is 0 Å². The van der Waals surface area contributed by atoms with E-state index in [4.69, 9.17) is 0 Å². The second-order valence-corrected chi connectivity index (χ2v) is 4.82. The summed E-state index contributed by atoms with van der Waals surface area (Å²) in [5.74, 6) is 0.990. The maximum Gasteiger partial charge on any atom is 0.174 e. The lowest BCUT2D eigenvalue weighted by Gasteiger charge is -2.01. The Labute approximate surface area is 127 Å². The summed E-state index contributed by atoms with van der Waals surface area (Å²) in [4.78, 5) is 4.40. The van der Waals surface area contributed by atoms with Crippen LogP contribution in [0.2, 0.25) is 0 Å². The smallest absolute Gasteiger partial charge is 0.174 e. The van der Waals surface area contributed by atoms with Crippen LogP contribution in [-0.4, -0.2) is 19.9 Å². The van der Waals surface area contributed by atoms with E-state index in [1.807, 2.05) is 12.1 Å². The fraction of sp³-hybridized carbons (Fsp3) is 0.0588. The first-order chi connectivity index (χ1) is 10.6. The molecule has 3 aromatic rings. The second-order valence-electron chi connectivity index (χ2n) is 4.82. The van der Waals surface area contributed by atoms with Gasteiger partial charge in [-0.25, -0.2) is 14.1 Å². The van der Waals surface area contributed by atoms with Crippen LogP contribution in [0.5, 0.6) is 5.75 Å². The molecule has 0 aliphatic rings. The molecule has 0 bridgehead atoms. The summed E-state index contributed by atoms with van der Waals surface area (Å²) in [6.07, 6.45) is 3.56. The Morgan fingerprint density at radius 1 is 1.05 bits per heavy atom. The molecular weight excluding hydrogens is 281 g/mol. The SMILES string of the molecule is Cn1nc(/C=C/c2ccc(F)cc2)nc1-c1ccccc1O. The van der Waals surface area contributed by atoms with Gasteiger partial charge in [0.25, 0.3) is 0 Å². The van der Waals surface area contributed by atoms with Crippen LogP contribution < -0.4 is 0 Å². The minimum absolute atomic E-state index is 0.159. The molecule has 0 saturated carbocycles. The number of aryl methyl sites for hydroxylation is 1. The Morgan fingerprint density at radius 3 is 2.50 bits per heavy atom. The zero-order valence-electron chi connectivity index (χ0n) is 11.9. The van der Waals surface area contributed by atoms with Crippen molar-refractivity contribution in [3.8, 4) is 17.1 Å². The Balaban J connectivity index is 1.89. The molecule has 0 unspecified atom stereocenters. The first-order valence-corrected chi connectivity index (χ1v) is 6.76. The number of benzene rings is 2. The maximum atomic E-state index is 12.9. The molecule has 1 N–H and O–H groups in total.